The number of hydrogen-bond acceptors (Lipinski definition) is 2. The summed E-state index contributed by atoms with van der Waals surface area (Å²) in [5.41, 5.74) is 10.0. The van der Waals surface area contributed by atoms with E-state index in [0.717, 1.165) is 18.4 Å². The van der Waals surface area contributed by atoms with Gasteiger partial charge in [-0.3, -0.25) is 4.98 Å². The number of nitrogens with two attached hydrogens (primary N) is 1. The molecule has 1 aromatic heterocycles. The van der Waals surface area contributed by atoms with E-state index in [1.165, 1.54) is 29.4 Å². The van der Waals surface area contributed by atoms with Gasteiger partial charge >= 0.3 is 0 Å². The summed E-state index contributed by atoms with van der Waals surface area (Å²) in [4.78, 5) is 4.43. The highest BCUT2D eigenvalue weighted by atomic mass is 14.8. The molecule has 0 saturated heterocycles. The molecule has 0 radical (unpaired) electrons. The molecule has 1 heterocycles. The fraction of sp³-hybridized carbons (Fsp3) is 0.400. The molecule has 0 amide bonds. The van der Waals surface area contributed by atoms with Crippen LogP contribution in [0.1, 0.15) is 30.4 Å². The molecule has 0 bridgehead atoms. The predicted octanol–water partition coefficient (Wildman–Crippen LogP) is 2.97. The van der Waals surface area contributed by atoms with Crippen LogP contribution >= 0.6 is 0 Å². The molecular weight excluding hydrogens is 208 g/mol. The summed E-state index contributed by atoms with van der Waals surface area (Å²) in [6, 6.07) is 8.61. The van der Waals surface area contributed by atoms with Crippen molar-refractivity contribution in [2.75, 3.05) is 0 Å². The van der Waals surface area contributed by atoms with Gasteiger partial charge in [-0.25, -0.2) is 0 Å². The normalized spacial score (nSPS) is 17.3. The lowest BCUT2D eigenvalue weighted by Crippen LogP contribution is -2.22. The van der Waals surface area contributed by atoms with Gasteiger partial charge in [0.2, 0.25) is 0 Å². The van der Waals surface area contributed by atoms with E-state index >= 15 is 0 Å². The third-order valence-electron chi connectivity index (χ3n) is 3.77. The highest BCUT2D eigenvalue weighted by Crippen LogP contribution is 2.37. The van der Waals surface area contributed by atoms with Gasteiger partial charge in [0.15, 0.2) is 0 Å². The van der Waals surface area contributed by atoms with E-state index < -0.39 is 0 Å². The second kappa shape index (κ2) is 3.81. The summed E-state index contributed by atoms with van der Waals surface area (Å²) >= 11 is 0. The minimum atomic E-state index is 0.139. The van der Waals surface area contributed by atoms with Crippen molar-refractivity contribution in [1.82, 2.24) is 4.98 Å². The number of fused-ring (bicyclic) bond motifs is 1. The number of benzene rings is 1. The Kier molecular flexibility index (Phi) is 2.40. The number of hydrogen-bond donors (Lipinski definition) is 1. The number of pyridine rings is 1. The van der Waals surface area contributed by atoms with Crippen molar-refractivity contribution in [2.45, 2.75) is 38.1 Å². The van der Waals surface area contributed by atoms with E-state index in [1.54, 1.807) is 0 Å². The molecule has 0 unspecified atom stereocenters. The van der Waals surface area contributed by atoms with Gasteiger partial charge in [0, 0.05) is 17.1 Å². The standard InChI is InChI=1S/C15H18N2/c1-11-2-3-13-12(4-6-15(16)7-8-15)5-9-17-14(13)10-11/h2-3,5,9-10H,4,6-8,16H2,1H3. The third-order valence-corrected chi connectivity index (χ3v) is 3.77. The summed E-state index contributed by atoms with van der Waals surface area (Å²) in [6.45, 7) is 2.10. The minimum Gasteiger partial charge on any atom is -0.325 e. The molecule has 2 heteroatoms. The van der Waals surface area contributed by atoms with Crippen LogP contribution in [0.25, 0.3) is 10.9 Å². The SMILES string of the molecule is Cc1ccc2c(CCC3(N)CC3)ccnc2c1. The van der Waals surface area contributed by atoms with Gasteiger partial charge < -0.3 is 5.73 Å². The van der Waals surface area contributed by atoms with Crippen molar-refractivity contribution in [3.63, 3.8) is 0 Å². The lowest BCUT2D eigenvalue weighted by atomic mass is 10.0. The van der Waals surface area contributed by atoms with E-state index in [2.05, 4.69) is 36.2 Å². The van der Waals surface area contributed by atoms with Crippen LogP contribution < -0.4 is 5.73 Å². The van der Waals surface area contributed by atoms with Crippen LogP contribution in [-0.2, 0) is 6.42 Å². The zero-order valence-corrected chi connectivity index (χ0v) is 10.2. The van der Waals surface area contributed by atoms with Crippen molar-refractivity contribution in [3.8, 4) is 0 Å². The molecule has 3 rings (SSSR count). The average molecular weight is 226 g/mol. The van der Waals surface area contributed by atoms with Crippen LogP contribution in [-0.4, -0.2) is 10.5 Å². The largest absolute Gasteiger partial charge is 0.325 e. The van der Waals surface area contributed by atoms with Gasteiger partial charge in [-0.05, 0) is 55.9 Å². The molecular formula is C15H18N2. The zero-order valence-electron chi connectivity index (χ0n) is 10.2. The van der Waals surface area contributed by atoms with Crippen LogP contribution in [0, 0.1) is 6.92 Å². The van der Waals surface area contributed by atoms with Crippen LogP contribution in [0.15, 0.2) is 30.5 Å². The highest BCUT2D eigenvalue weighted by Gasteiger charge is 2.37. The Morgan fingerprint density at radius 1 is 1.29 bits per heavy atom. The molecule has 0 atom stereocenters. The molecule has 88 valence electrons. The van der Waals surface area contributed by atoms with Gasteiger partial charge in [0.1, 0.15) is 0 Å². The molecule has 1 aromatic carbocycles. The average Bonchev–Trinajstić information content (AvgIpc) is 3.05. The first-order chi connectivity index (χ1) is 8.16. The number of nitrogens with zero attached hydrogens (tertiary/aromatic N) is 1. The fourth-order valence-corrected chi connectivity index (χ4v) is 2.33. The van der Waals surface area contributed by atoms with Crippen LogP contribution in [0.2, 0.25) is 0 Å². The molecule has 1 fully saturated rings. The first-order valence-corrected chi connectivity index (χ1v) is 6.29. The Morgan fingerprint density at radius 2 is 2.12 bits per heavy atom. The maximum absolute atomic E-state index is 6.15. The van der Waals surface area contributed by atoms with Crippen molar-refractivity contribution in [3.05, 3.63) is 41.6 Å². The first-order valence-electron chi connectivity index (χ1n) is 6.29. The van der Waals surface area contributed by atoms with Crippen molar-refractivity contribution in [2.24, 2.45) is 5.73 Å². The van der Waals surface area contributed by atoms with E-state index in [0.29, 0.717) is 0 Å². The lowest BCUT2D eigenvalue weighted by molar-refractivity contribution is 0.610. The maximum atomic E-state index is 6.15. The molecule has 1 saturated carbocycles. The third kappa shape index (κ3) is 2.18. The van der Waals surface area contributed by atoms with Gasteiger partial charge in [0.05, 0.1) is 5.52 Å². The Bertz CT molecular complexity index is 556. The maximum Gasteiger partial charge on any atom is 0.0707 e. The second-order valence-electron chi connectivity index (χ2n) is 5.35. The Balaban J connectivity index is 1.92. The number of aryl methyl sites for hydroxylation is 2. The summed E-state index contributed by atoms with van der Waals surface area (Å²) in [5.74, 6) is 0. The monoisotopic (exact) mass is 226 g/mol. The van der Waals surface area contributed by atoms with Crippen LogP contribution in [0.5, 0.6) is 0 Å². The van der Waals surface area contributed by atoms with Gasteiger partial charge in [0.25, 0.3) is 0 Å². The van der Waals surface area contributed by atoms with E-state index in [4.69, 9.17) is 5.73 Å². The Labute approximate surface area is 102 Å². The molecule has 1 aliphatic rings. The summed E-state index contributed by atoms with van der Waals surface area (Å²) < 4.78 is 0. The van der Waals surface area contributed by atoms with Gasteiger partial charge in [-0.15, -0.1) is 0 Å². The molecule has 2 aromatic rings. The van der Waals surface area contributed by atoms with E-state index in [-0.39, 0.29) is 5.54 Å². The second-order valence-corrected chi connectivity index (χ2v) is 5.35. The fourth-order valence-electron chi connectivity index (χ4n) is 2.33. The van der Waals surface area contributed by atoms with Crippen LogP contribution in [0.3, 0.4) is 0 Å². The molecule has 17 heavy (non-hydrogen) atoms. The summed E-state index contributed by atoms with van der Waals surface area (Å²) in [5, 5.41) is 1.28. The Morgan fingerprint density at radius 3 is 2.88 bits per heavy atom. The predicted molar refractivity (Wildman–Crippen MR) is 71.0 cm³/mol. The molecule has 0 aliphatic heterocycles. The van der Waals surface area contributed by atoms with Crippen molar-refractivity contribution in [1.29, 1.82) is 0 Å². The van der Waals surface area contributed by atoms with Gasteiger partial charge in [-0.2, -0.15) is 0 Å². The molecule has 2 N–H and O–H groups in total. The molecule has 2 nitrogen and oxygen atoms in total. The van der Waals surface area contributed by atoms with Crippen LogP contribution in [0.4, 0.5) is 0 Å². The quantitative estimate of drug-likeness (QED) is 0.874. The molecule has 0 spiro atoms. The van der Waals surface area contributed by atoms with E-state index in [9.17, 15) is 0 Å². The van der Waals surface area contributed by atoms with Crippen molar-refractivity contribution >= 4 is 10.9 Å². The summed E-state index contributed by atoms with van der Waals surface area (Å²) in [6.07, 6.45) is 6.45. The lowest BCUT2D eigenvalue weighted by Gasteiger charge is -2.10. The first kappa shape index (κ1) is 10.7. The van der Waals surface area contributed by atoms with E-state index in [1.807, 2.05) is 6.20 Å². The number of aromatic nitrogens is 1. The summed E-state index contributed by atoms with van der Waals surface area (Å²) in [7, 11) is 0. The number of rotatable bonds is 3. The minimum absolute atomic E-state index is 0.139. The zero-order chi connectivity index (χ0) is 11.9. The molecule has 1 aliphatic carbocycles. The highest BCUT2D eigenvalue weighted by molar-refractivity contribution is 5.82. The smallest absolute Gasteiger partial charge is 0.0707 e. The van der Waals surface area contributed by atoms with Crippen molar-refractivity contribution < 1.29 is 0 Å². The topological polar surface area (TPSA) is 38.9 Å². The van der Waals surface area contributed by atoms with Gasteiger partial charge in [-0.1, -0.05) is 12.1 Å². The Hall–Kier alpha value is -1.41.